The average Bonchev–Trinajstić information content (AvgIpc) is 2.61. The number of esters is 1. The summed E-state index contributed by atoms with van der Waals surface area (Å²) in [6, 6.07) is 0. The molecule has 1 saturated heterocycles. The van der Waals surface area contributed by atoms with Gasteiger partial charge in [-0.05, 0) is 32.6 Å². The van der Waals surface area contributed by atoms with Gasteiger partial charge in [-0.25, -0.2) is 4.79 Å². The van der Waals surface area contributed by atoms with Crippen molar-refractivity contribution in [1.29, 1.82) is 0 Å². The fraction of sp³-hybridized carbons (Fsp3) is 0.818. The fourth-order valence-electron chi connectivity index (χ4n) is 2.42. The van der Waals surface area contributed by atoms with E-state index in [1.165, 1.54) is 0 Å². The Labute approximate surface area is 94.5 Å². The normalized spacial score (nSPS) is 33.3. The number of carbonyl (C=O) groups is 2. The minimum Gasteiger partial charge on any atom is -0.466 e. The average molecular weight is 227 g/mol. The van der Waals surface area contributed by atoms with Crippen molar-refractivity contribution in [3.8, 4) is 0 Å². The van der Waals surface area contributed by atoms with Gasteiger partial charge in [0.15, 0.2) is 0 Å². The first-order valence-electron chi connectivity index (χ1n) is 5.79. The minimum atomic E-state index is -0.361. The molecule has 5 nitrogen and oxygen atoms in total. The molecule has 0 atom stereocenters. The molecule has 1 heterocycles. The summed E-state index contributed by atoms with van der Waals surface area (Å²) in [6.07, 6.45) is 2.64. The van der Waals surface area contributed by atoms with Crippen molar-refractivity contribution < 1.29 is 19.1 Å². The first kappa shape index (κ1) is 11.2. The lowest BCUT2D eigenvalue weighted by atomic mass is 9.79. The summed E-state index contributed by atoms with van der Waals surface area (Å²) in [5.74, 6) is -0.139. The molecule has 1 amide bonds. The van der Waals surface area contributed by atoms with Gasteiger partial charge in [0, 0.05) is 0 Å². The SMILES string of the molecule is CCOC(=O)[C@H]1CC[C@@]2(CC1)CNC(=O)O2. The lowest BCUT2D eigenvalue weighted by Gasteiger charge is -2.33. The van der Waals surface area contributed by atoms with Crippen molar-refractivity contribution in [1.82, 2.24) is 5.32 Å². The van der Waals surface area contributed by atoms with E-state index in [1.807, 2.05) is 6.92 Å². The number of hydrogen-bond acceptors (Lipinski definition) is 4. The number of hydrogen-bond donors (Lipinski definition) is 1. The maximum atomic E-state index is 11.5. The summed E-state index contributed by atoms with van der Waals surface area (Å²) in [7, 11) is 0. The predicted octanol–water partition coefficient (Wildman–Crippen LogP) is 1.22. The highest BCUT2D eigenvalue weighted by molar-refractivity contribution is 5.73. The van der Waals surface area contributed by atoms with Gasteiger partial charge >= 0.3 is 12.1 Å². The van der Waals surface area contributed by atoms with Gasteiger partial charge in [0.25, 0.3) is 0 Å². The van der Waals surface area contributed by atoms with Gasteiger partial charge < -0.3 is 14.8 Å². The Kier molecular flexibility index (Phi) is 3.03. The molecule has 1 N–H and O–H groups in total. The molecule has 0 radical (unpaired) electrons. The van der Waals surface area contributed by atoms with Crippen LogP contribution in [0.1, 0.15) is 32.6 Å². The molecular formula is C11H17NO4. The fourth-order valence-corrected chi connectivity index (χ4v) is 2.42. The van der Waals surface area contributed by atoms with Gasteiger partial charge in [-0.3, -0.25) is 4.79 Å². The highest BCUT2D eigenvalue weighted by Gasteiger charge is 2.44. The zero-order chi connectivity index (χ0) is 11.6. The molecule has 2 fully saturated rings. The van der Waals surface area contributed by atoms with Crippen LogP contribution < -0.4 is 5.32 Å². The molecule has 1 saturated carbocycles. The van der Waals surface area contributed by atoms with Gasteiger partial charge in [-0.1, -0.05) is 0 Å². The zero-order valence-electron chi connectivity index (χ0n) is 9.45. The molecular weight excluding hydrogens is 210 g/mol. The second kappa shape index (κ2) is 4.31. The number of alkyl carbamates (subject to hydrolysis) is 1. The Balaban J connectivity index is 1.87. The zero-order valence-corrected chi connectivity index (χ0v) is 9.45. The van der Waals surface area contributed by atoms with Gasteiger partial charge in [-0.2, -0.15) is 0 Å². The van der Waals surface area contributed by atoms with Crippen LogP contribution in [0, 0.1) is 5.92 Å². The molecule has 0 aromatic rings. The topological polar surface area (TPSA) is 64.6 Å². The summed E-state index contributed by atoms with van der Waals surface area (Å²) in [4.78, 5) is 22.5. The molecule has 2 rings (SSSR count). The first-order valence-corrected chi connectivity index (χ1v) is 5.79. The third-order valence-corrected chi connectivity index (χ3v) is 3.38. The maximum Gasteiger partial charge on any atom is 0.407 e. The molecule has 1 aliphatic carbocycles. The molecule has 0 unspecified atom stereocenters. The van der Waals surface area contributed by atoms with Crippen LogP contribution in [-0.4, -0.2) is 30.8 Å². The summed E-state index contributed by atoms with van der Waals surface area (Å²) < 4.78 is 10.3. The van der Waals surface area contributed by atoms with E-state index in [4.69, 9.17) is 9.47 Å². The molecule has 5 heteroatoms. The third-order valence-electron chi connectivity index (χ3n) is 3.38. The number of ether oxygens (including phenoxy) is 2. The molecule has 0 bridgehead atoms. The van der Waals surface area contributed by atoms with E-state index in [9.17, 15) is 9.59 Å². The van der Waals surface area contributed by atoms with Crippen molar-refractivity contribution in [2.75, 3.05) is 13.2 Å². The summed E-state index contributed by atoms with van der Waals surface area (Å²) >= 11 is 0. The van der Waals surface area contributed by atoms with Crippen LogP contribution in [-0.2, 0) is 14.3 Å². The Hall–Kier alpha value is -1.26. The van der Waals surface area contributed by atoms with E-state index in [1.54, 1.807) is 0 Å². The van der Waals surface area contributed by atoms with Crippen LogP contribution in [0.5, 0.6) is 0 Å². The molecule has 0 aromatic carbocycles. The molecule has 1 spiro atoms. The predicted molar refractivity (Wildman–Crippen MR) is 55.8 cm³/mol. The Morgan fingerprint density at radius 2 is 2.25 bits per heavy atom. The van der Waals surface area contributed by atoms with Crippen LogP contribution in [0.3, 0.4) is 0 Å². The number of rotatable bonds is 2. The maximum absolute atomic E-state index is 11.5. The van der Waals surface area contributed by atoms with Crippen molar-refractivity contribution in [2.24, 2.45) is 5.92 Å². The van der Waals surface area contributed by atoms with E-state index >= 15 is 0 Å². The second-order valence-electron chi connectivity index (χ2n) is 4.45. The lowest BCUT2D eigenvalue weighted by molar-refractivity contribution is -0.150. The smallest absolute Gasteiger partial charge is 0.407 e. The van der Waals surface area contributed by atoms with Crippen LogP contribution in [0.15, 0.2) is 0 Å². The monoisotopic (exact) mass is 227 g/mol. The molecule has 2 aliphatic rings. The van der Waals surface area contributed by atoms with Crippen LogP contribution >= 0.6 is 0 Å². The minimum absolute atomic E-state index is 0.0233. The van der Waals surface area contributed by atoms with Gasteiger partial charge in [-0.15, -0.1) is 0 Å². The van der Waals surface area contributed by atoms with Crippen molar-refractivity contribution >= 4 is 12.1 Å². The Morgan fingerprint density at radius 1 is 1.56 bits per heavy atom. The molecule has 0 aromatic heterocycles. The highest BCUT2D eigenvalue weighted by Crippen LogP contribution is 2.37. The molecule has 1 aliphatic heterocycles. The van der Waals surface area contributed by atoms with E-state index in [2.05, 4.69) is 5.32 Å². The molecule has 16 heavy (non-hydrogen) atoms. The largest absolute Gasteiger partial charge is 0.466 e. The number of amides is 1. The first-order chi connectivity index (χ1) is 7.65. The quantitative estimate of drug-likeness (QED) is 0.720. The van der Waals surface area contributed by atoms with E-state index < -0.39 is 0 Å². The third kappa shape index (κ3) is 2.13. The van der Waals surface area contributed by atoms with Gasteiger partial charge in [0.1, 0.15) is 5.60 Å². The number of carbonyl (C=O) groups excluding carboxylic acids is 2. The highest BCUT2D eigenvalue weighted by atomic mass is 16.6. The van der Waals surface area contributed by atoms with E-state index in [-0.39, 0.29) is 23.6 Å². The van der Waals surface area contributed by atoms with Crippen LogP contribution in [0.2, 0.25) is 0 Å². The van der Waals surface area contributed by atoms with E-state index in [0.29, 0.717) is 13.2 Å². The Morgan fingerprint density at radius 3 is 2.75 bits per heavy atom. The standard InChI is InChI=1S/C11H17NO4/c1-2-15-9(13)8-3-5-11(6-4-8)7-12-10(14)16-11/h8H,2-7H2,1H3,(H,12,14)/t8-,11+. The second-order valence-corrected chi connectivity index (χ2v) is 4.45. The van der Waals surface area contributed by atoms with Crippen molar-refractivity contribution in [3.05, 3.63) is 0 Å². The van der Waals surface area contributed by atoms with Crippen molar-refractivity contribution in [2.45, 2.75) is 38.2 Å². The number of nitrogens with one attached hydrogen (secondary N) is 1. The summed E-state index contributed by atoms with van der Waals surface area (Å²) in [5.41, 5.74) is -0.361. The van der Waals surface area contributed by atoms with Crippen LogP contribution in [0.4, 0.5) is 4.79 Å². The van der Waals surface area contributed by atoms with Crippen LogP contribution in [0.25, 0.3) is 0 Å². The molecule has 90 valence electrons. The van der Waals surface area contributed by atoms with Gasteiger partial charge in [0.05, 0.1) is 19.1 Å². The lowest BCUT2D eigenvalue weighted by Crippen LogP contribution is -2.39. The Bertz CT molecular complexity index is 294. The van der Waals surface area contributed by atoms with E-state index in [0.717, 1.165) is 25.7 Å². The van der Waals surface area contributed by atoms with Crippen molar-refractivity contribution in [3.63, 3.8) is 0 Å². The summed E-state index contributed by atoms with van der Waals surface area (Å²) in [6.45, 7) is 2.81. The summed E-state index contributed by atoms with van der Waals surface area (Å²) in [5, 5.41) is 2.67. The van der Waals surface area contributed by atoms with Gasteiger partial charge in [0.2, 0.25) is 0 Å².